The van der Waals surface area contributed by atoms with Gasteiger partial charge in [0.05, 0.1) is 18.3 Å². The van der Waals surface area contributed by atoms with Gasteiger partial charge < -0.3 is 10.1 Å². The topological polar surface area (TPSA) is 70.0 Å². The fourth-order valence-electron chi connectivity index (χ4n) is 3.35. The molecule has 1 saturated heterocycles. The number of β-amino-alcohol motifs (C(OH)–C–C–N with tert-alkyl or cyclic N) is 1. The van der Waals surface area contributed by atoms with E-state index in [0.29, 0.717) is 13.1 Å². The van der Waals surface area contributed by atoms with E-state index < -0.39 is 5.60 Å². The second-order valence-corrected chi connectivity index (χ2v) is 6.14. The number of para-hydroxylation sites is 1. The Morgan fingerprint density at radius 3 is 3.14 bits per heavy atom. The van der Waals surface area contributed by atoms with Crippen LogP contribution < -0.4 is 0 Å². The van der Waals surface area contributed by atoms with E-state index in [1.54, 1.807) is 17.1 Å². The smallest absolute Gasteiger partial charge is 0.0981 e. The van der Waals surface area contributed by atoms with Crippen molar-refractivity contribution in [3.8, 4) is 0 Å². The number of H-pyrrole nitrogens is 1. The molecular weight excluding hydrogens is 278 g/mol. The molecule has 0 aliphatic carbocycles. The first-order chi connectivity index (χ1) is 10.7. The number of fused-ring (bicyclic) bond motifs is 1. The molecule has 3 aromatic rings. The summed E-state index contributed by atoms with van der Waals surface area (Å²) in [6.45, 7) is 2.89. The van der Waals surface area contributed by atoms with Crippen LogP contribution in [0.5, 0.6) is 0 Å². The number of nitrogens with zero attached hydrogens (tertiary/aromatic N) is 4. The molecule has 4 rings (SSSR count). The first-order valence-electron chi connectivity index (χ1n) is 7.56. The highest BCUT2D eigenvalue weighted by atomic mass is 16.3. The van der Waals surface area contributed by atoms with Gasteiger partial charge >= 0.3 is 0 Å². The molecule has 0 radical (unpaired) electrons. The molecule has 1 aliphatic heterocycles. The van der Waals surface area contributed by atoms with Gasteiger partial charge in [-0.05, 0) is 23.4 Å². The second-order valence-electron chi connectivity index (χ2n) is 6.14. The third-order valence-corrected chi connectivity index (χ3v) is 4.41. The molecule has 1 atom stereocenters. The Hall–Kier alpha value is -2.18. The summed E-state index contributed by atoms with van der Waals surface area (Å²) in [7, 11) is 0. The Bertz CT molecular complexity index is 766. The van der Waals surface area contributed by atoms with E-state index in [-0.39, 0.29) is 0 Å². The Kier molecular flexibility index (Phi) is 3.20. The summed E-state index contributed by atoms with van der Waals surface area (Å²) in [5, 5.41) is 19.7. The van der Waals surface area contributed by atoms with E-state index in [1.807, 2.05) is 6.20 Å². The van der Waals surface area contributed by atoms with Crippen LogP contribution in [0.2, 0.25) is 0 Å². The van der Waals surface area contributed by atoms with Crippen molar-refractivity contribution >= 4 is 10.9 Å². The molecule has 1 unspecified atom stereocenters. The Balaban J connectivity index is 1.48. The van der Waals surface area contributed by atoms with Crippen LogP contribution in [-0.4, -0.2) is 48.7 Å². The minimum atomic E-state index is -0.725. The van der Waals surface area contributed by atoms with Gasteiger partial charge in [-0.2, -0.15) is 0 Å². The molecule has 0 saturated carbocycles. The highest BCUT2D eigenvalue weighted by Crippen LogP contribution is 2.26. The van der Waals surface area contributed by atoms with Crippen LogP contribution in [0, 0.1) is 0 Å². The van der Waals surface area contributed by atoms with Gasteiger partial charge in [-0.1, -0.05) is 23.4 Å². The third-order valence-electron chi connectivity index (χ3n) is 4.41. The Morgan fingerprint density at radius 2 is 2.27 bits per heavy atom. The van der Waals surface area contributed by atoms with Gasteiger partial charge in [0.25, 0.3) is 0 Å². The average molecular weight is 297 g/mol. The fourth-order valence-corrected chi connectivity index (χ4v) is 3.35. The van der Waals surface area contributed by atoms with Gasteiger partial charge in [-0.15, -0.1) is 5.10 Å². The lowest BCUT2D eigenvalue weighted by atomic mass is 10.0. The lowest BCUT2D eigenvalue weighted by Crippen LogP contribution is -2.37. The average Bonchev–Trinajstić information content (AvgIpc) is 3.21. The van der Waals surface area contributed by atoms with Gasteiger partial charge in [0.2, 0.25) is 0 Å². The van der Waals surface area contributed by atoms with Crippen LogP contribution in [0.4, 0.5) is 0 Å². The van der Waals surface area contributed by atoms with Crippen LogP contribution in [0.3, 0.4) is 0 Å². The molecule has 2 N–H and O–H groups in total. The summed E-state index contributed by atoms with van der Waals surface area (Å²) >= 11 is 0. The summed E-state index contributed by atoms with van der Waals surface area (Å²) in [5.41, 5.74) is 1.74. The van der Waals surface area contributed by atoms with Gasteiger partial charge in [-0.25, -0.2) is 4.68 Å². The number of aromatic amines is 1. The highest BCUT2D eigenvalue weighted by Gasteiger charge is 2.36. The van der Waals surface area contributed by atoms with Gasteiger partial charge in [0.15, 0.2) is 0 Å². The lowest BCUT2D eigenvalue weighted by molar-refractivity contribution is 0.0275. The summed E-state index contributed by atoms with van der Waals surface area (Å²) < 4.78 is 1.70. The van der Waals surface area contributed by atoms with E-state index >= 15 is 0 Å². The number of aromatic nitrogens is 4. The number of aliphatic hydroxyl groups is 1. The third kappa shape index (κ3) is 2.51. The minimum absolute atomic E-state index is 0.496. The van der Waals surface area contributed by atoms with Crippen LogP contribution in [0.1, 0.15) is 12.0 Å². The molecule has 0 amide bonds. The van der Waals surface area contributed by atoms with E-state index in [4.69, 9.17) is 0 Å². The van der Waals surface area contributed by atoms with Crippen molar-refractivity contribution in [2.75, 3.05) is 13.1 Å². The lowest BCUT2D eigenvalue weighted by Gasteiger charge is -2.23. The Labute approximate surface area is 128 Å². The van der Waals surface area contributed by atoms with Crippen molar-refractivity contribution in [2.24, 2.45) is 0 Å². The number of hydrogen-bond acceptors (Lipinski definition) is 4. The predicted molar refractivity (Wildman–Crippen MR) is 83.2 cm³/mol. The molecule has 1 fully saturated rings. The monoisotopic (exact) mass is 297 g/mol. The van der Waals surface area contributed by atoms with Gasteiger partial charge in [-0.3, -0.25) is 4.90 Å². The van der Waals surface area contributed by atoms with Crippen molar-refractivity contribution in [2.45, 2.75) is 25.1 Å². The molecule has 0 bridgehead atoms. The molecular formula is C16H19N5O. The van der Waals surface area contributed by atoms with Crippen molar-refractivity contribution < 1.29 is 5.11 Å². The summed E-state index contributed by atoms with van der Waals surface area (Å²) in [4.78, 5) is 5.61. The summed E-state index contributed by atoms with van der Waals surface area (Å²) in [6, 6.07) is 8.43. The maximum Gasteiger partial charge on any atom is 0.0981 e. The van der Waals surface area contributed by atoms with Crippen molar-refractivity contribution in [3.63, 3.8) is 0 Å². The molecule has 2 aromatic heterocycles. The normalized spacial score (nSPS) is 22.6. The van der Waals surface area contributed by atoms with Crippen LogP contribution in [0.15, 0.2) is 42.9 Å². The maximum absolute atomic E-state index is 10.7. The van der Waals surface area contributed by atoms with Gasteiger partial charge in [0, 0.05) is 37.5 Å². The van der Waals surface area contributed by atoms with Gasteiger partial charge in [0.1, 0.15) is 0 Å². The highest BCUT2D eigenvalue weighted by molar-refractivity contribution is 5.82. The fraction of sp³-hybridized carbons (Fsp3) is 0.375. The predicted octanol–water partition coefficient (Wildman–Crippen LogP) is 1.40. The molecule has 1 aromatic carbocycles. The summed E-state index contributed by atoms with van der Waals surface area (Å²) in [5.74, 6) is 0. The summed E-state index contributed by atoms with van der Waals surface area (Å²) in [6.07, 6.45) is 6.16. The standard InChI is InChI=1S/C16H19N5O/c22-16(12-21-9-7-18-19-21)5-8-20(11-16)10-14-3-1-2-13-4-6-17-15(13)14/h1-4,6-7,9,17,22H,5,8,10-12H2. The minimum Gasteiger partial charge on any atom is -0.387 e. The number of nitrogens with one attached hydrogen (secondary N) is 1. The molecule has 6 nitrogen and oxygen atoms in total. The van der Waals surface area contributed by atoms with E-state index in [9.17, 15) is 5.11 Å². The zero-order valence-electron chi connectivity index (χ0n) is 12.3. The zero-order chi connectivity index (χ0) is 15.0. The van der Waals surface area contributed by atoms with Crippen molar-refractivity contribution in [3.05, 3.63) is 48.4 Å². The number of benzene rings is 1. The molecule has 3 heterocycles. The van der Waals surface area contributed by atoms with Crippen LogP contribution >= 0.6 is 0 Å². The zero-order valence-corrected chi connectivity index (χ0v) is 12.3. The number of hydrogen-bond donors (Lipinski definition) is 2. The second kappa shape index (κ2) is 5.23. The molecule has 0 spiro atoms. The Morgan fingerprint density at radius 1 is 1.32 bits per heavy atom. The van der Waals surface area contributed by atoms with Crippen LogP contribution in [0.25, 0.3) is 10.9 Å². The molecule has 6 heteroatoms. The molecule has 114 valence electrons. The molecule has 22 heavy (non-hydrogen) atoms. The van der Waals surface area contributed by atoms with Crippen molar-refractivity contribution in [1.82, 2.24) is 24.9 Å². The number of likely N-dealkylation sites (tertiary alicyclic amines) is 1. The first-order valence-corrected chi connectivity index (χ1v) is 7.56. The number of rotatable bonds is 4. The SMILES string of the molecule is OC1(Cn2ccnn2)CCN(Cc2cccc3cc[nH]c23)C1. The molecule has 1 aliphatic rings. The first kappa shape index (κ1) is 13.5. The van der Waals surface area contributed by atoms with Crippen LogP contribution in [-0.2, 0) is 13.1 Å². The largest absolute Gasteiger partial charge is 0.387 e. The van der Waals surface area contributed by atoms with E-state index in [2.05, 4.69) is 44.5 Å². The quantitative estimate of drug-likeness (QED) is 0.763. The van der Waals surface area contributed by atoms with E-state index in [0.717, 1.165) is 19.5 Å². The van der Waals surface area contributed by atoms with E-state index in [1.165, 1.54) is 16.5 Å². The van der Waals surface area contributed by atoms with Crippen molar-refractivity contribution in [1.29, 1.82) is 0 Å². The maximum atomic E-state index is 10.7.